The highest BCUT2D eigenvalue weighted by Crippen LogP contribution is 2.24. The summed E-state index contributed by atoms with van der Waals surface area (Å²) in [7, 11) is 0. The van der Waals surface area contributed by atoms with Gasteiger partial charge < -0.3 is 4.74 Å². The van der Waals surface area contributed by atoms with Gasteiger partial charge in [0.15, 0.2) is 17.5 Å². The Morgan fingerprint density at radius 2 is 1.50 bits per heavy atom. The van der Waals surface area contributed by atoms with Crippen molar-refractivity contribution < 1.29 is 19.1 Å². The van der Waals surface area contributed by atoms with Crippen LogP contribution in [0.25, 0.3) is 0 Å². The third kappa shape index (κ3) is 4.64. The summed E-state index contributed by atoms with van der Waals surface area (Å²) in [6.45, 7) is 1.71. The molecule has 0 aliphatic heterocycles. The molecule has 0 heterocycles. The average molecular weight is 349 g/mol. The predicted octanol–water partition coefficient (Wildman–Crippen LogP) is 3.46. The Bertz CT molecular complexity index is 809. The molecule has 2 rings (SSSR count). The highest BCUT2D eigenvalue weighted by Gasteiger charge is 2.37. The Morgan fingerprint density at radius 1 is 0.962 bits per heavy atom. The third-order valence-electron chi connectivity index (χ3n) is 3.98. The van der Waals surface area contributed by atoms with Gasteiger partial charge in [-0.05, 0) is 6.92 Å². The molecule has 2 aromatic carbocycles. The number of nitriles is 1. The van der Waals surface area contributed by atoms with Gasteiger partial charge in [-0.25, -0.2) is 0 Å². The van der Waals surface area contributed by atoms with Crippen molar-refractivity contribution >= 4 is 17.5 Å². The van der Waals surface area contributed by atoms with Gasteiger partial charge in [0.05, 0.1) is 18.6 Å². The first-order valence-corrected chi connectivity index (χ1v) is 8.32. The normalized spacial score (nSPS) is 12.5. The summed E-state index contributed by atoms with van der Waals surface area (Å²) in [5.74, 6) is -3.95. The number of benzene rings is 2. The zero-order valence-electron chi connectivity index (χ0n) is 14.4. The molecule has 0 fully saturated rings. The summed E-state index contributed by atoms with van der Waals surface area (Å²) in [6, 6.07) is 18.7. The van der Waals surface area contributed by atoms with Crippen molar-refractivity contribution in [3.8, 4) is 6.07 Å². The topological polar surface area (TPSA) is 84.2 Å². The van der Waals surface area contributed by atoms with Crippen molar-refractivity contribution in [3.05, 3.63) is 71.8 Å². The summed E-state index contributed by atoms with van der Waals surface area (Å²) >= 11 is 0. The fourth-order valence-electron chi connectivity index (χ4n) is 2.66. The van der Waals surface area contributed by atoms with Gasteiger partial charge in [0, 0.05) is 17.5 Å². The van der Waals surface area contributed by atoms with Gasteiger partial charge in [-0.3, -0.25) is 14.4 Å². The molecule has 2 atom stereocenters. The minimum Gasteiger partial charge on any atom is -0.465 e. The number of carbonyl (C=O) groups is 3. The lowest BCUT2D eigenvalue weighted by Crippen LogP contribution is -2.32. The predicted molar refractivity (Wildman–Crippen MR) is 95.4 cm³/mol. The molecule has 5 heteroatoms. The fourth-order valence-corrected chi connectivity index (χ4v) is 2.66. The lowest BCUT2D eigenvalue weighted by atomic mass is 9.82. The average Bonchev–Trinajstić information content (AvgIpc) is 2.68. The number of esters is 1. The lowest BCUT2D eigenvalue weighted by Gasteiger charge is -2.19. The third-order valence-corrected chi connectivity index (χ3v) is 3.98. The van der Waals surface area contributed by atoms with Crippen molar-refractivity contribution in [1.29, 1.82) is 5.26 Å². The van der Waals surface area contributed by atoms with Crippen LogP contribution in [0.3, 0.4) is 0 Å². The lowest BCUT2D eigenvalue weighted by molar-refractivity contribution is -0.147. The van der Waals surface area contributed by atoms with E-state index in [1.807, 2.05) is 6.07 Å². The molecule has 0 aromatic heterocycles. The number of hydrogen-bond acceptors (Lipinski definition) is 5. The first-order chi connectivity index (χ1) is 12.6. The minimum absolute atomic E-state index is 0.0931. The smallest absolute Gasteiger partial charge is 0.324 e. The number of ether oxygens (including phenoxy) is 1. The van der Waals surface area contributed by atoms with Gasteiger partial charge in [-0.2, -0.15) is 5.26 Å². The first kappa shape index (κ1) is 19.1. The Morgan fingerprint density at radius 3 is 2.00 bits per heavy atom. The quantitative estimate of drug-likeness (QED) is 0.538. The van der Waals surface area contributed by atoms with E-state index >= 15 is 0 Å². The van der Waals surface area contributed by atoms with Gasteiger partial charge in [-0.15, -0.1) is 0 Å². The van der Waals surface area contributed by atoms with Gasteiger partial charge in [0.2, 0.25) is 0 Å². The molecule has 0 N–H and O–H groups in total. The van der Waals surface area contributed by atoms with Crippen LogP contribution >= 0.6 is 0 Å². The highest BCUT2D eigenvalue weighted by molar-refractivity contribution is 6.05. The van der Waals surface area contributed by atoms with Crippen LogP contribution in [-0.4, -0.2) is 24.1 Å². The standard InChI is InChI=1S/C21H19NO4/c1-2-26-21(25)18(14-22)17(20(24)16-11-7-4-8-12-16)13-19(23)15-9-5-3-6-10-15/h3-12,17-18H,2,13H2,1H3. The zero-order valence-corrected chi connectivity index (χ0v) is 14.4. The van der Waals surface area contributed by atoms with Gasteiger partial charge in [0.1, 0.15) is 0 Å². The van der Waals surface area contributed by atoms with E-state index < -0.39 is 23.6 Å². The van der Waals surface area contributed by atoms with Crippen molar-refractivity contribution in [2.24, 2.45) is 11.8 Å². The Hall–Kier alpha value is -3.26. The fraction of sp³-hybridized carbons (Fsp3) is 0.238. The monoisotopic (exact) mass is 349 g/mol. The summed E-state index contributed by atoms with van der Waals surface area (Å²) in [4.78, 5) is 37.6. The van der Waals surface area contributed by atoms with Crippen LogP contribution in [0, 0.1) is 23.2 Å². The molecule has 0 aliphatic rings. The number of ketones is 2. The molecule has 0 saturated heterocycles. The van der Waals surface area contributed by atoms with Gasteiger partial charge >= 0.3 is 5.97 Å². The SMILES string of the molecule is CCOC(=O)C(C#N)C(CC(=O)c1ccccc1)C(=O)c1ccccc1. The second-order valence-electron chi connectivity index (χ2n) is 5.69. The van der Waals surface area contributed by atoms with Crippen LogP contribution in [0.1, 0.15) is 34.1 Å². The number of carbonyl (C=O) groups excluding carboxylic acids is 3. The van der Waals surface area contributed by atoms with Crippen LogP contribution in [0.5, 0.6) is 0 Å². The van der Waals surface area contributed by atoms with Crippen LogP contribution in [-0.2, 0) is 9.53 Å². The highest BCUT2D eigenvalue weighted by atomic mass is 16.5. The summed E-state index contributed by atoms with van der Waals surface area (Å²) in [5.41, 5.74) is 0.779. The largest absolute Gasteiger partial charge is 0.465 e. The molecule has 26 heavy (non-hydrogen) atoms. The molecule has 2 aromatic rings. The van der Waals surface area contributed by atoms with Gasteiger partial charge in [-0.1, -0.05) is 60.7 Å². The van der Waals surface area contributed by atoms with E-state index in [0.29, 0.717) is 11.1 Å². The molecule has 132 valence electrons. The molecule has 0 saturated carbocycles. The molecular weight excluding hydrogens is 330 g/mol. The maximum absolute atomic E-state index is 12.9. The van der Waals surface area contributed by atoms with Crippen molar-refractivity contribution in [3.63, 3.8) is 0 Å². The molecular formula is C21H19NO4. The van der Waals surface area contributed by atoms with Crippen LogP contribution in [0.4, 0.5) is 0 Å². The minimum atomic E-state index is -1.34. The van der Waals surface area contributed by atoms with Crippen molar-refractivity contribution in [2.75, 3.05) is 6.61 Å². The van der Waals surface area contributed by atoms with Crippen molar-refractivity contribution in [1.82, 2.24) is 0 Å². The number of rotatable bonds is 8. The van der Waals surface area contributed by atoms with E-state index in [2.05, 4.69) is 0 Å². The maximum Gasteiger partial charge on any atom is 0.324 e. The van der Waals surface area contributed by atoms with E-state index in [-0.39, 0.29) is 18.8 Å². The Labute approximate surface area is 152 Å². The molecule has 2 unspecified atom stereocenters. The molecule has 0 bridgehead atoms. The molecule has 0 spiro atoms. The summed E-state index contributed by atoms with van der Waals surface area (Å²) in [6.07, 6.45) is -0.241. The molecule has 0 amide bonds. The number of nitrogens with zero attached hydrogens (tertiary/aromatic N) is 1. The molecule has 0 radical (unpaired) electrons. The Kier molecular flexibility index (Phi) is 6.81. The zero-order chi connectivity index (χ0) is 18.9. The molecule has 5 nitrogen and oxygen atoms in total. The van der Waals surface area contributed by atoms with Crippen LogP contribution in [0.15, 0.2) is 60.7 Å². The maximum atomic E-state index is 12.9. The van der Waals surface area contributed by atoms with E-state index in [1.165, 1.54) is 0 Å². The van der Waals surface area contributed by atoms with E-state index in [0.717, 1.165) is 0 Å². The summed E-state index contributed by atoms with van der Waals surface area (Å²) < 4.78 is 4.92. The number of hydrogen-bond donors (Lipinski definition) is 0. The van der Waals surface area contributed by atoms with Crippen LogP contribution in [0.2, 0.25) is 0 Å². The summed E-state index contributed by atoms with van der Waals surface area (Å²) in [5, 5.41) is 9.46. The molecule has 0 aliphatic carbocycles. The van der Waals surface area contributed by atoms with Crippen LogP contribution < -0.4 is 0 Å². The second kappa shape index (κ2) is 9.28. The van der Waals surface area contributed by atoms with E-state index in [9.17, 15) is 19.6 Å². The van der Waals surface area contributed by atoms with E-state index in [1.54, 1.807) is 67.6 Å². The second-order valence-corrected chi connectivity index (χ2v) is 5.69. The Balaban J connectivity index is 2.34. The first-order valence-electron chi connectivity index (χ1n) is 8.32. The number of Topliss-reactive ketones (excluding diaryl/α,β-unsaturated/α-hetero) is 2. The van der Waals surface area contributed by atoms with Gasteiger partial charge in [0.25, 0.3) is 0 Å². The van der Waals surface area contributed by atoms with E-state index in [4.69, 9.17) is 4.74 Å². The van der Waals surface area contributed by atoms with Crippen molar-refractivity contribution in [2.45, 2.75) is 13.3 Å².